The minimum atomic E-state index is 0.128. The molecule has 0 saturated heterocycles. The number of aryl methyl sites for hydroxylation is 2. The van der Waals surface area contributed by atoms with E-state index in [0.29, 0.717) is 5.02 Å². The van der Waals surface area contributed by atoms with E-state index in [1.807, 2.05) is 30.9 Å². The maximum atomic E-state index is 5.87. The zero-order valence-electron chi connectivity index (χ0n) is 10.4. The lowest BCUT2D eigenvalue weighted by molar-refractivity contribution is 0.756. The molecule has 0 spiro atoms. The molecule has 0 aliphatic heterocycles. The van der Waals surface area contributed by atoms with Gasteiger partial charge in [0.05, 0.1) is 21.2 Å². The largest absolute Gasteiger partial charge is 0.362 e. The first-order chi connectivity index (χ1) is 8.47. The third kappa shape index (κ3) is 2.84. The summed E-state index contributed by atoms with van der Waals surface area (Å²) in [5.74, 6) is 0.773. The zero-order valence-corrected chi connectivity index (χ0v) is 12.7. The lowest BCUT2D eigenvalue weighted by Crippen LogP contribution is -2.08. The summed E-state index contributed by atoms with van der Waals surface area (Å²) in [5.41, 5.74) is 2.17. The lowest BCUT2D eigenvalue weighted by atomic mass is 10.1. The topological polar surface area (TPSA) is 42.7 Å². The number of halogens is 2. The molecule has 0 fully saturated rings. The molecular weight excluding hydrogens is 316 g/mol. The number of nitrogens with zero attached hydrogens (tertiary/aromatic N) is 3. The van der Waals surface area contributed by atoms with Gasteiger partial charge >= 0.3 is 0 Å². The van der Waals surface area contributed by atoms with Crippen LogP contribution >= 0.6 is 27.5 Å². The molecule has 0 bridgehead atoms. The van der Waals surface area contributed by atoms with Crippen LogP contribution in [-0.4, -0.2) is 14.8 Å². The number of rotatable bonds is 3. The molecule has 0 amide bonds. The fourth-order valence-corrected chi connectivity index (χ4v) is 2.60. The third-order valence-corrected chi connectivity index (χ3v) is 3.49. The van der Waals surface area contributed by atoms with Gasteiger partial charge in [-0.15, -0.1) is 0 Å². The van der Waals surface area contributed by atoms with E-state index in [-0.39, 0.29) is 6.04 Å². The Hall–Kier alpha value is -1.07. The summed E-state index contributed by atoms with van der Waals surface area (Å²) in [6.45, 7) is 4.07. The predicted molar refractivity (Wildman–Crippen MR) is 76.9 cm³/mol. The van der Waals surface area contributed by atoms with E-state index in [0.717, 1.165) is 21.5 Å². The minimum Gasteiger partial charge on any atom is -0.362 e. The molecule has 2 aromatic heterocycles. The molecule has 96 valence electrons. The van der Waals surface area contributed by atoms with Gasteiger partial charge < -0.3 is 5.32 Å². The van der Waals surface area contributed by atoms with E-state index in [4.69, 9.17) is 11.6 Å². The number of aromatic nitrogens is 3. The van der Waals surface area contributed by atoms with Gasteiger partial charge in [0.25, 0.3) is 0 Å². The van der Waals surface area contributed by atoms with Gasteiger partial charge in [-0.05, 0) is 35.8 Å². The number of pyridine rings is 1. The standard InChI is InChI=1S/C12H14BrClN4/c1-7(10-6-18(3)17-8(10)2)16-12-11(13)4-9(14)5-15-12/h4-7H,1-3H3,(H,15,16)/t7-/m0/s1. The van der Waals surface area contributed by atoms with Gasteiger partial charge in [0, 0.05) is 25.0 Å². The van der Waals surface area contributed by atoms with Gasteiger partial charge in [-0.2, -0.15) is 5.10 Å². The average molecular weight is 330 g/mol. The van der Waals surface area contributed by atoms with E-state index >= 15 is 0 Å². The van der Waals surface area contributed by atoms with E-state index in [1.54, 1.807) is 6.20 Å². The molecule has 6 heteroatoms. The Labute approximate surface area is 119 Å². The Balaban J connectivity index is 2.21. The Morgan fingerprint density at radius 2 is 2.22 bits per heavy atom. The van der Waals surface area contributed by atoms with Crippen LogP contribution in [0.2, 0.25) is 5.02 Å². The third-order valence-electron chi connectivity index (χ3n) is 2.68. The van der Waals surface area contributed by atoms with Gasteiger partial charge in [-0.3, -0.25) is 4.68 Å². The van der Waals surface area contributed by atoms with Crippen molar-refractivity contribution in [2.75, 3.05) is 5.32 Å². The summed E-state index contributed by atoms with van der Waals surface area (Å²) < 4.78 is 2.66. The monoisotopic (exact) mass is 328 g/mol. The molecule has 0 aromatic carbocycles. The van der Waals surface area contributed by atoms with Crippen LogP contribution in [-0.2, 0) is 7.05 Å². The van der Waals surface area contributed by atoms with Crippen LogP contribution in [0.15, 0.2) is 22.9 Å². The van der Waals surface area contributed by atoms with Crippen LogP contribution in [0.3, 0.4) is 0 Å². The second-order valence-electron chi connectivity index (χ2n) is 4.19. The molecule has 2 rings (SSSR count). The zero-order chi connectivity index (χ0) is 13.3. The quantitative estimate of drug-likeness (QED) is 0.933. The molecule has 0 aliphatic carbocycles. The molecule has 0 radical (unpaired) electrons. The molecule has 4 nitrogen and oxygen atoms in total. The maximum Gasteiger partial charge on any atom is 0.140 e. The number of hydrogen-bond acceptors (Lipinski definition) is 3. The summed E-state index contributed by atoms with van der Waals surface area (Å²) in [7, 11) is 1.92. The molecule has 2 heterocycles. The van der Waals surface area contributed by atoms with Crippen molar-refractivity contribution >= 4 is 33.3 Å². The Kier molecular flexibility index (Phi) is 3.92. The summed E-state index contributed by atoms with van der Waals surface area (Å²) in [6.07, 6.45) is 3.63. The highest BCUT2D eigenvalue weighted by Gasteiger charge is 2.13. The number of hydrogen-bond donors (Lipinski definition) is 1. The summed E-state index contributed by atoms with van der Waals surface area (Å²) in [5, 5.41) is 8.28. The smallest absolute Gasteiger partial charge is 0.140 e. The summed E-state index contributed by atoms with van der Waals surface area (Å²) >= 11 is 9.31. The highest BCUT2D eigenvalue weighted by molar-refractivity contribution is 9.10. The fourth-order valence-electron chi connectivity index (χ4n) is 1.85. The van der Waals surface area contributed by atoms with E-state index in [1.165, 1.54) is 0 Å². The van der Waals surface area contributed by atoms with Gasteiger partial charge in [0.15, 0.2) is 0 Å². The SMILES string of the molecule is Cc1nn(C)cc1[C@H](C)Nc1ncc(Cl)cc1Br. The molecule has 0 unspecified atom stereocenters. The molecule has 1 N–H and O–H groups in total. The van der Waals surface area contributed by atoms with Crippen molar-refractivity contribution in [3.05, 3.63) is 39.2 Å². The van der Waals surface area contributed by atoms with Crippen molar-refractivity contribution in [3.63, 3.8) is 0 Å². The van der Waals surface area contributed by atoms with Crippen molar-refractivity contribution in [2.45, 2.75) is 19.9 Å². The van der Waals surface area contributed by atoms with E-state index < -0.39 is 0 Å². The minimum absolute atomic E-state index is 0.128. The average Bonchev–Trinajstić information content (AvgIpc) is 2.62. The van der Waals surface area contributed by atoms with Crippen LogP contribution in [0.25, 0.3) is 0 Å². The van der Waals surface area contributed by atoms with Crippen molar-refractivity contribution in [3.8, 4) is 0 Å². The molecular formula is C12H14BrClN4. The van der Waals surface area contributed by atoms with Crippen molar-refractivity contribution in [2.24, 2.45) is 7.05 Å². The van der Waals surface area contributed by atoms with E-state index in [2.05, 4.69) is 38.3 Å². The summed E-state index contributed by atoms with van der Waals surface area (Å²) in [4.78, 5) is 4.26. The molecule has 0 saturated carbocycles. The van der Waals surface area contributed by atoms with Crippen molar-refractivity contribution in [1.82, 2.24) is 14.8 Å². The second-order valence-corrected chi connectivity index (χ2v) is 5.48. The first-order valence-corrected chi connectivity index (χ1v) is 6.72. The first kappa shape index (κ1) is 13.4. The fraction of sp³-hybridized carbons (Fsp3) is 0.333. The lowest BCUT2D eigenvalue weighted by Gasteiger charge is -2.15. The normalized spacial score (nSPS) is 12.5. The summed E-state index contributed by atoms with van der Waals surface area (Å²) in [6, 6.07) is 1.95. The van der Waals surface area contributed by atoms with E-state index in [9.17, 15) is 0 Å². The predicted octanol–water partition coefficient (Wildman–Crippen LogP) is 3.71. The molecule has 0 aliphatic rings. The van der Waals surface area contributed by atoms with Crippen LogP contribution in [0, 0.1) is 6.92 Å². The van der Waals surface area contributed by atoms with Crippen molar-refractivity contribution < 1.29 is 0 Å². The van der Waals surface area contributed by atoms with Gasteiger partial charge in [-0.1, -0.05) is 11.6 Å². The van der Waals surface area contributed by atoms with Crippen molar-refractivity contribution in [1.29, 1.82) is 0 Å². The highest BCUT2D eigenvalue weighted by Crippen LogP contribution is 2.27. The molecule has 1 atom stereocenters. The van der Waals surface area contributed by atoms with Crippen LogP contribution in [0.1, 0.15) is 24.2 Å². The number of nitrogens with one attached hydrogen (secondary N) is 1. The Morgan fingerprint density at radius 3 is 2.78 bits per heavy atom. The van der Waals surface area contributed by atoms with Crippen LogP contribution in [0.4, 0.5) is 5.82 Å². The number of anilines is 1. The maximum absolute atomic E-state index is 5.87. The second kappa shape index (κ2) is 5.28. The first-order valence-electron chi connectivity index (χ1n) is 5.55. The van der Waals surface area contributed by atoms with Gasteiger partial charge in [0.2, 0.25) is 0 Å². The molecule has 2 aromatic rings. The molecule has 18 heavy (non-hydrogen) atoms. The Morgan fingerprint density at radius 1 is 1.50 bits per heavy atom. The van der Waals surface area contributed by atoms with Crippen LogP contribution in [0.5, 0.6) is 0 Å². The van der Waals surface area contributed by atoms with Crippen LogP contribution < -0.4 is 5.32 Å². The van der Waals surface area contributed by atoms with Gasteiger partial charge in [-0.25, -0.2) is 4.98 Å². The van der Waals surface area contributed by atoms with Gasteiger partial charge in [0.1, 0.15) is 5.82 Å². The Bertz CT molecular complexity index is 567. The highest BCUT2D eigenvalue weighted by atomic mass is 79.9.